The van der Waals surface area contributed by atoms with Gasteiger partial charge in [-0.2, -0.15) is 0 Å². The number of halogens is 1. The first-order valence-electron chi connectivity index (χ1n) is 3.51. The predicted molar refractivity (Wildman–Crippen MR) is 44.8 cm³/mol. The third kappa shape index (κ3) is 1.53. The second-order valence-corrected chi connectivity index (χ2v) is 3.86. The molecular weight excluding hydrogens is 162 g/mol. The van der Waals surface area contributed by atoms with Gasteiger partial charge in [0.05, 0.1) is 0 Å². The lowest BCUT2D eigenvalue weighted by molar-refractivity contribution is 0.387. The van der Waals surface area contributed by atoms with Crippen LogP contribution in [-0.2, 0) is 5.54 Å². The van der Waals surface area contributed by atoms with E-state index in [4.69, 9.17) is 11.6 Å². The smallest absolute Gasteiger partial charge is 0.225 e. The molecule has 0 unspecified atom stereocenters. The van der Waals surface area contributed by atoms with Crippen molar-refractivity contribution in [2.75, 3.05) is 0 Å². The molecule has 11 heavy (non-hydrogen) atoms. The quantitative estimate of drug-likeness (QED) is 0.601. The fourth-order valence-corrected chi connectivity index (χ4v) is 1.51. The Labute approximate surface area is 71.4 Å². The average Bonchev–Trinajstić information content (AvgIpc) is 2.08. The predicted octanol–water partition coefficient (Wildman–Crippen LogP) is 1.99. The molecule has 0 aromatic carbocycles. The van der Waals surface area contributed by atoms with Crippen molar-refractivity contribution in [3.05, 3.63) is 11.1 Å². The molecule has 0 radical (unpaired) electrons. The van der Waals surface area contributed by atoms with Crippen LogP contribution in [0.3, 0.4) is 0 Å². The molecule has 1 aromatic heterocycles. The van der Waals surface area contributed by atoms with E-state index in [0.29, 0.717) is 5.28 Å². The second kappa shape index (κ2) is 2.48. The van der Waals surface area contributed by atoms with E-state index in [9.17, 15) is 0 Å². The molecular formula is C7H12ClN3. The summed E-state index contributed by atoms with van der Waals surface area (Å²) in [6.07, 6.45) is 0. The third-order valence-corrected chi connectivity index (χ3v) is 1.70. The highest BCUT2D eigenvalue weighted by molar-refractivity contribution is 6.28. The summed E-state index contributed by atoms with van der Waals surface area (Å²) >= 11 is 5.82. The van der Waals surface area contributed by atoms with E-state index in [0.717, 1.165) is 5.82 Å². The lowest BCUT2D eigenvalue weighted by Crippen LogP contribution is -2.23. The highest BCUT2D eigenvalue weighted by Gasteiger charge is 2.19. The summed E-state index contributed by atoms with van der Waals surface area (Å²) in [6.45, 7) is 8.09. The Morgan fingerprint density at radius 1 is 1.27 bits per heavy atom. The van der Waals surface area contributed by atoms with Gasteiger partial charge < -0.3 is 0 Å². The molecule has 3 nitrogen and oxygen atoms in total. The number of aryl methyl sites for hydroxylation is 1. The maximum atomic E-state index is 5.82. The van der Waals surface area contributed by atoms with Crippen molar-refractivity contribution in [1.29, 1.82) is 0 Å². The van der Waals surface area contributed by atoms with E-state index in [-0.39, 0.29) is 5.54 Å². The van der Waals surface area contributed by atoms with Crippen LogP contribution in [0.15, 0.2) is 0 Å². The Hall–Kier alpha value is -0.570. The van der Waals surface area contributed by atoms with E-state index < -0.39 is 0 Å². The normalized spacial score (nSPS) is 12.1. The Balaban J connectivity index is 3.21. The molecule has 1 heterocycles. The Morgan fingerprint density at radius 2 is 1.82 bits per heavy atom. The fraction of sp³-hybridized carbons (Fsp3) is 0.714. The number of nitrogens with zero attached hydrogens (tertiary/aromatic N) is 3. The molecule has 0 aliphatic rings. The van der Waals surface area contributed by atoms with Gasteiger partial charge in [-0.3, -0.25) is 4.57 Å². The van der Waals surface area contributed by atoms with Crippen molar-refractivity contribution in [1.82, 2.24) is 14.8 Å². The van der Waals surface area contributed by atoms with Crippen molar-refractivity contribution in [2.45, 2.75) is 33.2 Å². The summed E-state index contributed by atoms with van der Waals surface area (Å²) in [7, 11) is 0. The highest BCUT2D eigenvalue weighted by Crippen LogP contribution is 2.20. The topological polar surface area (TPSA) is 30.7 Å². The monoisotopic (exact) mass is 173 g/mol. The number of hydrogen-bond acceptors (Lipinski definition) is 2. The molecule has 0 atom stereocenters. The van der Waals surface area contributed by atoms with E-state index in [2.05, 4.69) is 31.0 Å². The lowest BCUT2D eigenvalue weighted by atomic mass is 10.1. The second-order valence-electron chi connectivity index (χ2n) is 3.52. The molecule has 0 saturated carbocycles. The van der Waals surface area contributed by atoms with E-state index in [1.165, 1.54) is 0 Å². The maximum Gasteiger partial charge on any atom is 0.225 e. The van der Waals surface area contributed by atoms with Crippen LogP contribution in [0.5, 0.6) is 0 Å². The summed E-state index contributed by atoms with van der Waals surface area (Å²) in [5, 5.41) is 8.08. The van der Waals surface area contributed by atoms with Crippen LogP contribution in [0, 0.1) is 6.92 Å². The summed E-state index contributed by atoms with van der Waals surface area (Å²) in [5.74, 6) is 0.850. The summed E-state index contributed by atoms with van der Waals surface area (Å²) in [6, 6.07) is 0. The zero-order chi connectivity index (χ0) is 8.65. The minimum absolute atomic E-state index is 0.0370. The standard InChI is InChI=1S/C7H12ClN3/c1-5-9-10-6(8)11(5)7(2,3)4/h1-4H3. The van der Waals surface area contributed by atoms with Gasteiger partial charge in [0.15, 0.2) is 0 Å². The molecule has 4 heteroatoms. The largest absolute Gasteiger partial charge is 0.297 e. The molecule has 0 aliphatic carbocycles. The lowest BCUT2D eigenvalue weighted by Gasteiger charge is -2.22. The Morgan fingerprint density at radius 3 is 2.00 bits per heavy atom. The highest BCUT2D eigenvalue weighted by atomic mass is 35.5. The molecule has 0 fully saturated rings. The van der Waals surface area contributed by atoms with Gasteiger partial charge in [0.25, 0.3) is 0 Å². The summed E-state index contributed by atoms with van der Waals surface area (Å²) in [5.41, 5.74) is -0.0370. The molecule has 1 rings (SSSR count). The molecule has 0 bridgehead atoms. The van der Waals surface area contributed by atoms with Gasteiger partial charge in [-0.15, -0.1) is 10.2 Å². The first-order chi connectivity index (χ1) is 4.93. The first-order valence-corrected chi connectivity index (χ1v) is 3.88. The Kier molecular flexibility index (Phi) is 1.92. The van der Waals surface area contributed by atoms with E-state index in [1.807, 2.05) is 11.5 Å². The van der Waals surface area contributed by atoms with Crippen LogP contribution in [0.2, 0.25) is 5.28 Å². The van der Waals surface area contributed by atoms with Crippen molar-refractivity contribution in [3.8, 4) is 0 Å². The zero-order valence-electron chi connectivity index (χ0n) is 7.22. The third-order valence-electron chi connectivity index (χ3n) is 1.46. The van der Waals surface area contributed by atoms with Crippen LogP contribution in [0.4, 0.5) is 0 Å². The van der Waals surface area contributed by atoms with Crippen LogP contribution < -0.4 is 0 Å². The van der Waals surface area contributed by atoms with Gasteiger partial charge >= 0.3 is 0 Å². The SMILES string of the molecule is Cc1nnc(Cl)n1C(C)(C)C. The number of rotatable bonds is 0. The minimum Gasteiger partial charge on any atom is -0.297 e. The zero-order valence-corrected chi connectivity index (χ0v) is 7.98. The molecule has 0 N–H and O–H groups in total. The van der Waals surface area contributed by atoms with Gasteiger partial charge in [-0.1, -0.05) is 0 Å². The summed E-state index contributed by atoms with van der Waals surface area (Å²) < 4.78 is 1.90. The van der Waals surface area contributed by atoms with Gasteiger partial charge in [0, 0.05) is 5.54 Å². The van der Waals surface area contributed by atoms with Gasteiger partial charge in [-0.05, 0) is 39.3 Å². The van der Waals surface area contributed by atoms with Gasteiger partial charge in [-0.25, -0.2) is 0 Å². The van der Waals surface area contributed by atoms with Crippen molar-refractivity contribution >= 4 is 11.6 Å². The molecule has 0 aliphatic heterocycles. The molecule has 0 spiro atoms. The molecule has 0 saturated heterocycles. The van der Waals surface area contributed by atoms with Gasteiger partial charge in [0.2, 0.25) is 5.28 Å². The van der Waals surface area contributed by atoms with Gasteiger partial charge in [0.1, 0.15) is 5.82 Å². The molecule has 62 valence electrons. The van der Waals surface area contributed by atoms with Crippen molar-refractivity contribution in [2.24, 2.45) is 0 Å². The number of aromatic nitrogens is 3. The first kappa shape index (κ1) is 8.53. The van der Waals surface area contributed by atoms with Crippen LogP contribution in [-0.4, -0.2) is 14.8 Å². The Bertz CT molecular complexity index is 240. The van der Waals surface area contributed by atoms with Crippen molar-refractivity contribution < 1.29 is 0 Å². The maximum absolute atomic E-state index is 5.82. The fourth-order valence-electron chi connectivity index (χ4n) is 1.10. The van der Waals surface area contributed by atoms with Crippen molar-refractivity contribution in [3.63, 3.8) is 0 Å². The van der Waals surface area contributed by atoms with E-state index in [1.54, 1.807) is 0 Å². The van der Waals surface area contributed by atoms with Crippen LogP contribution in [0.25, 0.3) is 0 Å². The summed E-state index contributed by atoms with van der Waals surface area (Å²) in [4.78, 5) is 0. The number of hydrogen-bond donors (Lipinski definition) is 0. The van der Waals surface area contributed by atoms with E-state index >= 15 is 0 Å². The molecule has 1 aromatic rings. The van der Waals surface area contributed by atoms with Crippen LogP contribution in [0.1, 0.15) is 26.6 Å². The minimum atomic E-state index is -0.0370. The molecule has 0 amide bonds. The van der Waals surface area contributed by atoms with Crippen LogP contribution >= 0.6 is 11.6 Å². The average molecular weight is 174 g/mol.